The minimum absolute atomic E-state index is 0.0358. The predicted octanol–water partition coefficient (Wildman–Crippen LogP) is 7.51. The van der Waals surface area contributed by atoms with Crippen molar-refractivity contribution in [3.05, 3.63) is 60.2 Å². The Morgan fingerprint density at radius 2 is 1.16 bits per heavy atom. The summed E-state index contributed by atoms with van der Waals surface area (Å²) in [6.07, 6.45) is 14.9. The van der Waals surface area contributed by atoms with Crippen LogP contribution in [0.2, 0.25) is 0 Å². The van der Waals surface area contributed by atoms with Crippen LogP contribution in [0.3, 0.4) is 0 Å². The molecule has 174 valence electrons. The number of benzene rings is 2. The smallest absolute Gasteiger partial charge is 0.228 e. The molecule has 0 aliphatic rings. The molecule has 0 aliphatic carbocycles. The standard InChI is InChI=1S/C28H40N2O2/c1-2-3-4-5-6-7-8-9-10-11-15-21-27(31)29-25-19-16-20-26(23-25)30-28(32)22-24-17-13-12-14-18-24/h12-14,16-20,23H,2-11,15,21-22H2,1H3,(H,29,31)(H,30,32). The number of nitrogens with one attached hydrogen (secondary N) is 2. The fourth-order valence-electron chi connectivity index (χ4n) is 3.83. The van der Waals surface area contributed by atoms with Gasteiger partial charge in [-0.05, 0) is 30.2 Å². The Morgan fingerprint density at radius 3 is 1.75 bits per heavy atom. The highest BCUT2D eigenvalue weighted by molar-refractivity contribution is 5.94. The molecule has 0 bridgehead atoms. The van der Waals surface area contributed by atoms with E-state index >= 15 is 0 Å². The van der Waals surface area contributed by atoms with E-state index in [9.17, 15) is 9.59 Å². The molecule has 0 saturated carbocycles. The molecule has 0 atom stereocenters. The molecule has 2 N–H and O–H groups in total. The Kier molecular flexibility index (Phi) is 12.9. The summed E-state index contributed by atoms with van der Waals surface area (Å²) in [6.45, 7) is 2.25. The van der Waals surface area contributed by atoms with Crippen LogP contribution in [0.25, 0.3) is 0 Å². The quantitative estimate of drug-likeness (QED) is 0.268. The molecule has 2 aromatic rings. The first-order valence-electron chi connectivity index (χ1n) is 12.4. The molecule has 0 fully saturated rings. The summed E-state index contributed by atoms with van der Waals surface area (Å²) in [4.78, 5) is 24.5. The van der Waals surface area contributed by atoms with Gasteiger partial charge in [0.15, 0.2) is 0 Å². The second-order valence-corrected chi connectivity index (χ2v) is 8.63. The van der Waals surface area contributed by atoms with Crippen molar-refractivity contribution >= 4 is 23.2 Å². The van der Waals surface area contributed by atoms with Gasteiger partial charge in [-0.2, -0.15) is 0 Å². The van der Waals surface area contributed by atoms with Gasteiger partial charge in [0.2, 0.25) is 11.8 Å². The lowest BCUT2D eigenvalue weighted by molar-refractivity contribution is -0.116. The van der Waals surface area contributed by atoms with Gasteiger partial charge in [0, 0.05) is 17.8 Å². The molecule has 0 unspecified atom stereocenters. The van der Waals surface area contributed by atoms with E-state index in [0.29, 0.717) is 18.5 Å². The van der Waals surface area contributed by atoms with Crippen molar-refractivity contribution in [2.45, 2.75) is 90.4 Å². The predicted molar refractivity (Wildman–Crippen MR) is 135 cm³/mol. The second-order valence-electron chi connectivity index (χ2n) is 8.63. The zero-order valence-electron chi connectivity index (χ0n) is 19.7. The largest absolute Gasteiger partial charge is 0.326 e. The average Bonchev–Trinajstić information content (AvgIpc) is 2.78. The summed E-state index contributed by atoms with van der Waals surface area (Å²) in [5.74, 6) is -0.0330. The van der Waals surface area contributed by atoms with Crippen molar-refractivity contribution in [2.24, 2.45) is 0 Å². The molecule has 0 aliphatic heterocycles. The summed E-state index contributed by atoms with van der Waals surface area (Å²) < 4.78 is 0. The lowest BCUT2D eigenvalue weighted by atomic mass is 10.1. The minimum Gasteiger partial charge on any atom is -0.326 e. The number of unbranched alkanes of at least 4 members (excludes halogenated alkanes) is 10. The SMILES string of the molecule is CCCCCCCCCCCCCC(=O)Nc1cccc(NC(=O)Cc2ccccc2)c1. The zero-order valence-corrected chi connectivity index (χ0v) is 19.7. The van der Waals surface area contributed by atoms with Crippen LogP contribution in [0.5, 0.6) is 0 Å². The van der Waals surface area contributed by atoms with Gasteiger partial charge < -0.3 is 10.6 Å². The highest BCUT2D eigenvalue weighted by atomic mass is 16.2. The minimum atomic E-state index is -0.0689. The lowest BCUT2D eigenvalue weighted by Crippen LogP contribution is -2.15. The Labute approximate surface area is 194 Å². The van der Waals surface area contributed by atoms with Gasteiger partial charge in [0.25, 0.3) is 0 Å². The van der Waals surface area contributed by atoms with Gasteiger partial charge in [-0.15, -0.1) is 0 Å². The van der Waals surface area contributed by atoms with E-state index in [0.717, 1.165) is 24.1 Å². The number of rotatable bonds is 16. The van der Waals surface area contributed by atoms with Crippen molar-refractivity contribution in [2.75, 3.05) is 10.6 Å². The van der Waals surface area contributed by atoms with E-state index in [1.165, 1.54) is 57.8 Å². The van der Waals surface area contributed by atoms with Crippen LogP contribution in [0.15, 0.2) is 54.6 Å². The number of hydrogen-bond acceptors (Lipinski definition) is 2. The summed E-state index contributed by atoms with van der Waals surface area (Å²) in [7, 11) is 0. The number of anilines is 2. The number of amides is 2. The third kappa shape index (κ3) is 11.7. The first kappa shape index (κ1) is 25.6. The molecule has 2 rings (SSSR count). The third-order valence-corrected chi connectivity index (χ3v) is 5.64. The van der Waals surface area contributed by atoms with Crippen molar-refractivity contribution in [3.8, 4) is 0 Å². The molecule has 32 heavy (non-hydrogen) atoms. The van der Waals surface area contributed by atoms with Crippen LogP contribution < -0.4 is 10.6 Å². The highest BCUT2D eigenvalue weighted by Gasteiger charge is 2.06. The molecule has 0 spiro atoms. The summed E-state index contributed by atoms with van der Waals surface area (Å²) in [6, 6.07) is 17.0. The first-order valence-corrected chi connectivity index (χ1v) is 12.4. The van der Waals surface area contributed by atoms with Gasteiger partial charge in [-0.25, -0.2) is 0 Å². The van der Waals surface area contributed by atoms with E-state index < -0.39 is 0 Å². The van der Waals surface area contributed by atoms with E-state index in [2.05, 4.69) is 17.6 Å². The summed E-state index contributed by atoms with van der Waals surface area (Å²) >= 11 is 0. The van der Waals surface area contributed by atoms with Crippen LogP contribution in [0.1, 0.15) is 89.5 Å². The van der Waals surface area contributed by atoms with Crippen LogP contribution in [0, 0.1) is 0 Å². The van der Waals surface area contributed by atoms with Gasteiger partial charge in [0.05, 0.1) is 6.42 Å². The van der Waals surface area contributed by atoms with Crippen LogP contribution in [-0.2, 0) is 16.0 Å². The maximum absolute atomic E-state index is 12.2. The Balaban J connectivity index is 1.57. The van der Waals surface area contributed by atoms with Crippen molar-refractivity contribution in [3.63, 3.8) is 0 Å². The van der Waals surface area contributed by atoms with Crippen LogP contribution in [0.4, 0.5) is 11.4 Å². The zero-order chi connectivity index (χ0) is 22.9. The van der Waals surface area contributed by atoms with E-state index in [-0.39, 0.29) is 11.8 Å². The molecule has 0 radical (unpaired) electrons. The average molecular weight is 437 g/mol. The van der Waals surface area contributed by atoms with Gasteiger partial charge in [-0.3, -0.25) is 9.59 Å². The Hall–Kier alpha value is -2.62. The molecule has 2 amide bonds. The maximum atomic E-state index is 12.2. The molecular weight excluding hydrogens is 396 g/mol. The fraction of sp³-hybridized carbons (Fsp3) is 0.500. The first-order chi connectivity index (χ1) is 15.7. The Bertz CT molecular complexity index is 789. The molecular formula is C28H40N2O2. The summed E-state index contributed by atoms with van der Waals surface area (Å²) in [5, 5.41) is 5.86. The normalized spacial score (nSPS) is 10.7. The van der Waals surface area contributed by atoms with Crippen molar-refractivity contribution in [1.29, 1.82) is 0 Å². The van der Waals surface area contributed by atoms with Crippen molar-refractivity contribution in [1.82, 2.24) is 0 Å². The van der Waals surface area contributed by atoms with E-state index in [1.54, 1.807) is 6.07 Å². The number of carbonyl (C=O) groups excluding carboxylic acids is 2. The fourth-order valence-corrected chi connectivity index (χ4v) is 3.83. The third-order valence-electron chi connectivity index (χ3n) is 5.64. The topological polar surface area (TPSA) is 58.2 Å². The van der Waals surface area contributed by atoms with E-state index in [4.69, 9.17) is 0 Å². The number of carbonyl (C=O) groups is 2. The van der Waals surface area contributed by atoms with Gasteiger partial charge in [-0.1, -0.05) is 108 Å². The monoisotopic (exact) mass is 436 g/mol. The summed E-state index contributed by atoms with van der Waals surface area (Å²) in [5.41, 5.74) is 2.38. The second kappa shape index (κ2) is 16.1. The molecule has 4 heteroatoms. The lowest BCUT2D eigenvalue weighted by Gasteiger charge is -2.09. The highest BCUT2D eigenvalue weighted by Crippen LogP contribution is 2.17. The maximum Gasteiger partial charge on any atom is 0.228 e. The van der Waals surface area contributed by atoms with Crippen LogP contribution in [-0.4, -0.2) is 11.8 Å². The van der Waals surface area contributed by atoms with Gasteiger partial charge >= 0.3 is 0 Å². The Morgan fingerprint density at radius 1 is 0.625 bits per heavy atom. The molecule has 2 aromatic carbocycles. The van der Waals surface area contributed by atoms with E-state index in [1.807, 2.05) is 48.5 Å². The van der Waals surface area contributed by atoms with Gasteiger partial charge in [0.1, 0.15) is 0 Å². The number of hydrogen-bond donors (Lipinski definition) is 2. The molecule has 0 aromatic heterocycles. The molecule has 4 nitrogen and oxygen atoms in total. The van der Waals surface area contributed by atoms with Crippen LogP contribution >= 0.6 is 0 Å². The molecule has 0 heterocycles. The molecule has 0 saturated heterocycles. The van der Waals surface area contributed by atoms with Crippen molar-refractivity contribution < 1.29 is 9.59 Å².